The number of hydrogen-bond acceptors (Lipinski definition) is 4. The Morgan fingerprint density at radius 2 is 1.69 bits per heavy atom. The lowest BCUT2D eigenvalue weighted by Crippen LogP contribution is -2.40. The zero-order valence-corrected chi connectivity index (χ0v) is 18.9. The minimum absolute atomic E-state index is 0.00143. The molecular weight excluding hydrogens is 455 g/mol. The first-order valence-electron chi connectivity index (χ1n) is 9.68. The lowest BCUT2D eigenvalue weighted by atomic mass is 10.2. The second-order valence-electron chi connectivity index (χ2n) is 6.94. The Labute approximate surface area is 191 Å². The highest BCUT2D eigenvalue weighted by Gasteiger charge is 2.27. The van der Waals surface area contributed by atoms with E-state index in [4.69, 9.17) is 16.3 Å². The summed E-state index contributed by atoms with van der Waals surface area (Å²) in [5.41, 5.74) is 1.30. The van der Waals surface area contributed by atoms with Gasteiger partial charge in [-0.15, -0.1) is 0 Å². The van der Waals surface area contributed by atoms with Crippen LogP contribution in [0.3, 0.4) is 0 Å². The van der Waals surface area contributed by atoms with Crippen molar-refractivity contribution >= 4 is 27.5 Å². The number of carbonyl (C=O) groups excluding carboxylic acids is 1. The lowest BCUT2D eigenvalue weighted by molar-refractivity contribution is -0.121. The van der Waals surface area contributed by atoms with E-state index in [9.17, 15) is 17.6 Å². The van der Waals surface area contributed by atoms with Crippen molar-refractivity contribution in [3.8, 4) is 5.75 Å². The fourth-order valence-electron chi connectivity index (χ4n) is 3.03. The van der Waals surface area contributed by atoms with E-state index < -0.39 is 28.3 Å². The number of sulfonamides is 1. The zero-order chi connectivity index (χ0) is 23.1. The Balaban J connectivity index is 1.80. The Hall–Kier alpha value is -2.94. The van der Waals surface area contributed by atoms with Crippen LogP contribution in [0.2, 0.25) is 5.02 Å². The van der Waals surface area contributed by atoms with Gasteiger partial charge in [-0.3, -0.25) is 4.79 Å². The van der Waals surface area contributed by atoms with Crippen molar-refractivity contribution in [3.63, 3.8) is 0 Å². The van der Waals surface area contributed by atoms with Crippen molar-refractivity contribution in [2.24, 2.45) is 0 Å². The van der Waals surface area contributed by atoms with Gasteiger partial charge in [-0.1, -0.05) is 41.9 Å². The maximum atomic E-state index is 13.3. The van der Waals surface area contributed by atoms with Gasteiger partial charge in [-0.2, -0.15) is 4.31 Å². The minimum Gasteiger partial charge on any atom is -0.496 e. The summed E-state index contributed by atoms with van der Waals surface area (Å²) in [6.07, 6.45) is 0. The standard InChI is InChI=1S/C23H22ClFN2O4S/c1-31-22-5-3-2-4-18(22)14-26-23(28)16-27(15-17-6-10-20(25)11-7-17)32(29,30)21-12-8-19(24)9-13-21/h2-13H,14-16H2,1H3,(H,26,28). The number of ether oxygens (including phenoxy) is 1. The van der Waals surface area contributed by atoms with Crippen LogP contribution < -0.4 is 10.1 Å². The van der Waals surface area contributed by atoms with Crippen molar-refractivity contribution in [1.29, 1.82) is 0 Å². The van der Waals surface area contributed by atoms with E-state index in [0.717, 1.165) is 9.87 Å². The van der Waals surface area contributed by atoms with E-state index >= 15 is 0 Å². The number of hydrogen-bond donors (Lipinski definition) is 1. The molecule has 168 valence electrons. The summed E-state index contributed by atoms with van der Waals surface area (Å²) in [5.74, 6) is -0.310. The van der Waals surface area contributed by atoms with Gasteiger partial charge in [0.05, 0.1) is 18.6 Å². The summed E-state index contributed by atoms with van der Waals surface area (Å²) >= 11 is 5.88. The first-order valence-corrected chi connectivity index (χ1v) is 11.5. The van der Waals surface area contributed by atoms with Crippen LogP contribution in [0, 0.1) is 5.82 Å². The normalized spacial score (nSPS) is 11.4. The van der Waals surface area contributed by atoms with Gasteiger partial charge in [-0.25, -0.2) is 12.8 Å². The maximum absolute atomic E-state index is 13.3. The number of benzene rings is 3. The Morgan fingerprint density at radius 1 is 1.03 bits per heavy atom. The predicted octanol–water partition coefficient (Wildman–Crippen LogP) is 4.00. The molecule has 1 amide bonds. The fourth-order valence-corrected chi connectivity index (χ4v) is 4.54. The molecule has 0 radical (unpaired) electrons. The number of para-hydroxylation sites is 1. The van der Waals surface area contributed by atoms with Crippen molar-refractivity contribution < 1.29 is 22.3 Å². The average Bonchev–Trinajstić information content (AvgIpc) is 2.79. The molecule has 32 heavy (non-hydrogen) atoms. The Kier molecular flexibility index (Phi) is 7.84. The molecule has 3 aromatic carbocycles. The number of carbonyl (C=O) groups is 1. The summed E-state index contributed by atoms with van der Waals surface area (Å²) in [4.78, 5) is 12.7. The molecule has 0 saturated carbocycles. The van der Waals surface area contributed by atoms with Gasteiger partial charge in [0, 0.05) is 23.7 Å². The smallest absolute Gasteiger partial charge is 0.243 e. The number of amides is 1. The third kappa shape index (κ3) is 6.06. The maximum Gasteiger partial charge on any atom is 0.243 e. The molecule has 6 nitrogen and oxygen atoms in total. The van der Waals surface area contributed by atoms with E-state index in [0.29, 0.717) is 16.3 Å². The molecule has 3 aromatic rings. The SMILES string of the molecule is COc1ccccc1CNC(=O)CN(Cc1ccc(F)cc1)S(=O)(=O)c1ccc(Cl)cc1. The molecule has 9 heteroatoms. The fraction of sp³-hybridized carbons (Fsp3) is 0.174. The summed E-state index contributed by atoms with van der Waals surface area (Å²) in [6, 6.07) is 18.3. The molecule has 0 atom stereocenters. The van der Waals surface area contributed by atoms with Crippen LogP contribution in [0.5, 0.6) is 5.75 Å². The number of halogens is 2. The van der Waals surface area contributed by atoms with Gasteiger partial charge in [0.25, 0.3) is 0 Å². The van der Waals surface area contributed by atoms with Crippen molar-refractivity contribution in [2.75, 3.05) is 13.7 Å². The molecule has 0 bridgehead atoms. The molecule has 0 aliphatic carbocycles. The molecule has 0 aromatic heterocycles. The monoisotopic (exact) mass is 476 g/mol. The number of nitrogens with zero attached hydrogens (tertiary/aromatic N) is 1. The largest absolute Gasteiger partial charge is 0.496 e. The second-order valence-corrected chi connectivity index (χ2v) is 9.32. The van der Waals surface area contributed by atoms with Crippen LogP contribution in [-0.2, 0) is 27.9 Å². The molecule has 0 spiro atoms. The third-order valence-corrected chi connectivity index (χ3v) is 6.77. The first-order chi connectivity index (χ1) is 15.3. The number of rotatable bonds is 9. The van der Waals surface area contributed by atoms with E-state index in [-0.39, 0.29) is 18.0 Å². The van der Waals surface area contributed by atoms with Crippen LogP contribution in [0.15, 0.2) is 77.7 Å². The average molecular weight is 477 g/mol. The topological polar surface area (TPSA) is 75.7 Å². The van der Waals surface area contributed by atoms with Crippen LogP contribution in [0.1, 0.15) is 11.1 Å². The van der Waals surface area contributed by atoms with Gasteiger partial charge in [-0.05, 0) is 48.0 Å². The van der Waals surface area contributed by atoms with Gasteiger partial charge >= 0.3 is 0 Å². The predicted molar refractivity (Wildman–Crippen MR) is 120 cm³/mol. The number of nitrogens with one attached hydrogen (secondary N) is 1. The van der Waals surface area contributed by atoms with E-state index in [1.807, 2.05) is 12.1 Å². The summed E-state index contributed by atoms with van der Waals surface area (Å²) in [6.45, 7) is -0.348. The molecular formula is C23H22ClFN2O4S. The van der Waals surface area contributed by atoms with E-state index in [2.05, 4.69) is 5.32 Å². The second kappa shape index (κ2) is 10.6. The molecule has 0 saturated heterocycles. The quantitative estimate of drug-likeness (QED) is 0.506. The lowest BCUT2D eigenvalue weighted by Gasteiger charge is -2.22. The molecule has 0 fully saturated rings. The molecule has 0 heterocycles. The Morgan fingerprint density at radius 3 is 2.34 bits per heavy atom. The van der Waals surface area contributed by atoms with E-state index in [1.165, 1.54) is 55.6 Å². The van der Waals surface area contributed by atoms with Crippen molar-refractivity contribution in [1.82, 2.24) is 9.62 Å². The molecule has 3 rings (SSSR count). The molecule has 0 aliphatic heterocycles. The summed E-state index contributed by atoms with van der Waals surface area (Å²) < 4.78 is 46.1. The highest BCUT2D eigenvalue weighted by molar-refractivity contribution is 7.89. The third-order valence-electron chi connectivity index (χ3n) is 4.71. The van der Waals surface area contributed by atoms with Crippen LogP contribution >= 0.6 is 11.6 Å². The van der Waals surface area contributed by atoms with Gasteiger partial charge in [0.2, 0.25) is 15.9 Å². The van der Waals surface area contributed by atoms with Crippen LogP contribution in [-0.4, -0.2) is 32.3 Å². The van der Waals surface area contributed by atoms with Gasteiger partial charge in [0.15, 0.2) is 0 Å². The first kappa shape index (κ1) is 23.7. The number of methoxy groups -OCH3 is 1. The highest BCUT2D eigenvalue weighted by atomic mass is 35.5. The molecule has 0 aliphatic rings. The minimum atomic E-state index is -4.02. The summed E-state index contributed by atoms with van der Waals surface area (Å²) in [5, 5.41) is 3.12. The van der Waals surface area contributed by atoms with Crippen molar-refractivity contribution in [3.05, 3.63) is 94.8 Å². The zero-order valence-electron chi connectivity index (χ0n) is 17.3. The van der Waals surface area contributed by atoms with Gasteiger partial charge in [0.1, 0.15) is 11.6 Å². The Bertz CT molecular complexity index is 1170. The molecule has 0 unspecified atom stereocenters. The highest BCUT2D eigenvalue weighted by Crippen LogP contribution is 2.21. The van der Waals surface area contributed by atoms with Crippen LogP contribution in [0.4, 0.5) is 4.39 Å². The van der Waals surface area contributed by atoms with Gasteiger partial charge < -0.3 is 10.1 Å². The summed E-state index contributed by atoms with van der Waals surface area (Å²) in [7, 11) is -2.49. The van der Waals surface area contributed by atoms with E-state index in [1.54, 1.807) is 12.1 Å². The molecule has 1 N–H and O–H groups in total. The van der Waals surface area contributed by atoms with Crippen LogP contribution in [0.25, 0.3) is 0 Å². The van der Waals surface area contributed by atoms with Crippen molar-refractivity contribution in [2.45, 2.75) is 18.0 Å².